The molecule has 0 amide bonds. The number of hydrogen-bond donors (Lipinski definition) is 0. The van der Waals surface area contributed by atoms with Crippen LogP contribution in [-0.2, 0) is 11.2 Å². The van der Waals surface area contributed by atoms with E-state index in [0.29, 0.717) is 46.1 Å². The fourth-order valence-corrected chi connectivity index (χ4v) is 3.60. The molecule has 8 nitrogen and oxygen atoms in total. The van der Waals surface area contributed by atoms with E-state index < -0.39 is 5.97 Å². The van der Waals surface area contributed by atoms with Gasteiger partial charge in [-0.2, -0.15) is 0 Å². The lowest BCUT2D eigenvalue weighted by Crippen LogP contribution is -2.09. The maximum Gasteiger partial charge on any atom is 0.311 e. The molecule has 2 aromatic carbocycles. The number of benzene rings is 2. The SMILES string of the molecule is COc1ccc(OC)c(/C=C2\Oc3cc(OC(=O)CCc4cc(Cl)no4)cc(C)c3C2=O)c1. The molecule has 9 heteroatoms. The molecule has 0 N–H and O–H groups in total. The van der Waals surface area contributed by atoms with Crippen LogP contribution in [0.4, 0.5) is 0 Å². The van der Waals surface area contributed by atoms with Crippen LogP contribution in [0.3, 0.4) is 0 Å². The van der Waals surface area contributed by atoms with Crippen LogP contribution in [0.1, 0.15) is 33.7 Å². The van der Waals surface area contributed by atoms with Crippen LogP contribution in [0.15, 0.2) is 46.7 Å². The number of nitrogens with zero attached hydrogens (tertiary/aromatic N) is 1. The van der Waals surface area contributed by atoms with Crippen molar-refractivity contribution in [2.45, 2.75) is 19.8 Å². The van der Waals surface area contributed by atoms with E-state index in [-0.39, 0.29) is 28.9 Å². The predicted molar refractivity (Wildman–Crippen MR) is 119 cm³/mol. The number of aryl methyl sites for hydroxylation is 2. The number of halogens is 1. The van der Waals surface area contributed by atoms with Crippen LogP contribution in [0.25, 0.3) is 6.08 Å². The maximum absolute atomic E-state index is 13.0. The number of hydrogen-bond acceptors (Lipinski definition) is 8. The Morgan fingerprint density at radius 1 is 1.12 bits per heavy atom. The van der Waals surface area contributed by atoms with Crippen molar-refractivity contribution >= 4 is 29.4 Å². The van der Waals surface area contributed by atoms with Gasteiger partial charge >= 0.3 is 5.97 Å². The first-order valence-corrected chi connectivity index (χ1v) is 10.4. The third-order valence-corrected chi connectivity index (χ3v) is 5.18. The molecule has 0 saturated heterocycles. The third-order valence-electron chi connectivity index (χ3n) is 5.00. The minimum absolute atomic E-state index is 0.0717. The van der Waals surface area contributed by atoms with Crippen molar-refractivity contribution < 1.29 is 33.1 Å². The zero-order chi connectivity index (χ0) is 23.5. The molecule has 0 spiro atoms. The Morgan fingerprint density at radius 3 is 2.64 bits per heavy atom. The van der Waals surface area contributed by atoms with Gasteiger partial charge in [0, 0.05) is 24.1 Å². The smallest absolute Gasteiger partial charge is 0.311 e. The van der Waals surface area contributed by atoms with E-state index in [1.807, 2.05) is 0 Å². The number of allylic oxidation sites excluding steroid dienone is 1. The number of rotatable bonds is 7. The quantitative estimate of drug-likeness (QED) is 0.276. The number of carbonyl (C=O) groups is 2. The van der Waals surface area contributed by atoms with Gasteiger partial charge in [-0.15, -0.1) is 0 Å². The average molecular weight is 470 g/mol. The molecule has 2 heterocycles. The zero-order valence-electron chi connectivity index (χ0n) is 18.1. The summed E-state index contributed by atoms with van der Waals surface area (Å²) in [6, 6.07) is 9.93. The van der Waals surface area contributed by atoms with E-state index in [2.05, 4.69) is 5.16 Å². The molecule has 0 bridgehead atoms. The molecule has 1 aliphatic rings. The molecule has 170 valence electrons. The molecule has 0 atom stereocenters. The molecule has 0 fully saturated rings. The molecule has 3 aromatic rings. The van der Waals surface area contributed by atoms with Gasteiger partial charge < -0.3 is 23.5 Å². The van der Waals surface area contributed by atoms with E-state index in [1.54, 1.807) is 50.4 Å². The first-order chi connectivity index (χ1) is 15.9. The van der Waals surface area contributed by atoms with E-state index in [0.717, 1.165) is 0 Å². The van der Waals surface area contributed by atoms with Gasteiger partial charge in [0.2, 0.25) is 5.78 Å². The Balaban J connectivity index is 1.52. The third kappa shape index (κ3) is 4.85. The molecule has 0 unspecified atom stereocenters. The summed E-state index contributed by atoms with van der Waals surface area (Å²) in [5.41, 5.74) is 1.67. The van der Waals surface area contributed by atoms with Gasteiger partial charge in [0.25, 0.3) is 0 Å². The standard InChI is InChI=1S/C24H20ClNO7/c1-13-8-17(31-22(27)7-5-16-12-21(25)26-33-16)11-19-23(13)24(28)20(32-19)10-14-9-15(29-2)4-6-18(14)30-3/h4,6,8-12H,5,7H2,1-3H3/b20-10-. The molecular weight excluding hydrogens is 450 g/mol. The normalized spacial score (nSPS) is 13.6. The highest BCUT2D eigenvalue weighted by molar-refractivity contribution is 6.29. The Hall–Kier alpha value is -3.78. The second-order valence-electron chi connectivity index (χ2n) is 7.25. The van der Waals surface area contributed by atoms with Gasteiger partial charge in [0.05, 0.1) is 26.2 Å². The van der Waals surface area contributed by atoms with Crippen molar-refractivity contribution in [2.75, 3.05) is 14.2 Å². The number of aromatic nitrogens is 1. The highest BCUT2D eigenvalue weighted by Gasteiger charge is 2.30. The van der Waals surface area contributed by atoms with Gasteiger partial charge in [-0.05, 0) is 42.8 Å². The van der Waals surface area contributed by atoms with E-state index in [1.165, 1.54) is 13.2 Å². The predicted octanol–water partition coefficient (Wildman–Crippen LogP) is 4.81. The van der Waals surface area contributed by atoms with E-state index in [9.17, 15) is 9.59 Å². The second kappa shape index (κ2) is 9.38. The summed E-state index contributed by atoms with van der Waals surface area (Å²) < 4.78 is 26.8. The summed E-state index contributed by atoms with van der Waals surface area (Å²) >= 11 is 5.70. The van der Waals surface area contributed by atoms with Gasteiger partial charge in [0.1, 0.15) is 28.8 Å². The fraction of sp³-hybridized carbons (Fsp3) is 0.208. The molecule has 1 aliphatic heterocycles. The summed E-state index contributed by atoms with van der Waals surface area (Å²) in [6.45, 7) is 1.75. The Kier molecular flexibility index (Phi) is 6.37. The topological polar surface area (TPSA) is 97.1 Å². The Bertz CT molecular complexity index is 1260. The molecular formula is C24H20ClNO7. The summed E-state index contributed by atoms with van der Waals surface area (Å²) in [4.78, 5) is 25.2. The summed E-state index contributed by atoms with van der Waals surface area (Å²) in [7, 11) is 3.09. The minimum atomic E-state index is -0.469. The van der Waals surface area contributed by atoms with Crippen LogP contribution >= 0.6 is 11.6 Å². The first kappa shape index (κ1) is 22.4. The zero-order valence-corrected chi connectivity index (χ0v) is 18.9. The summed E-state index contributed by atoms with van der Waals surface area (Å²) in [5, 5.41) is 3.79. The van der Waals surface area contributed by atoms with Gasteiger partial charge in [0.15, 0.2) is 10.9 Å². The largest absolute Gasteiger partial charge is 0.497 e. The van der Waals surface area contributed by atoms with Gasteiger partial charge in [-0.3, -0.25) is 9.59 Å². The molecule has 33 heavy (non-hydrogen) atoms. The Morgan fingerprint density at radius 2 is 1.94 bits per heavy atom. The number of ketones is 1. The molecule has 0 saturated carbocycles. The fourth-order valence-electron chi connectivity index (χ4n) is 3.44. The van der Waals surface area contributed by atoms with Crippen molar-refractivity contribution in [3.63, 3.8) is 0 Å². The molecule has 1 aromatic heterocycles. The van der Waals surface area contributed by atoms with Crippen molar-refractivity contribution in [3.05, 3.63) is 69.8 Å². The van der Waals surface area contributed by atoms with Crippen molar-refractivity contribution in [1.82, 2.24) is 5.16 Å². The number of methoxy groups -OCH3 is 2. The summed E-state index contributed by atoms with van der Waals surface area (Å²) in [5.74, 6) is 1.65. The van der Waals surface area contributed by atoms with E-state index in [4.69, 9.17) is 35.1 Å². The number of carbonyl (C=O) groups excluding carboxylic acids is 2. The Labute approximate surface area is 194 Å². The second-order valence-corrected chi connectivity index (χ2v) is 7.64. The first-order valence-electron chi connectivity index (χ1n) is 10.0. The van der Waals surface area contributed by atoms with Crippen LogP contribution in [0, 0.1) is 6.92 Å². The lowest BCUT2D eigenvalue weighted by Gasteiger charge is -2.08. The van der Waals surface area contributed by atoms with Crippen molar-refractivity contribution in [2.24, 2.45) is 0 Å². The molecule has 4 rings (SSSR count). The van der Waals surface area contributed by atoms with E-state index >= 15 is 0 Å². The molecule has 0 aliphatic carbocycles. The lowest BCUT2D eigenvalue weighted by atomic mass is 10.0. The minimum Gasteiger partial charge on any atom is -0.497 e. The number of Topliss-reactive ketones (excluding diaryl/α,β-unsaturated/α-hetero) is 1. The van der Waals surface area contributed by atoms with Crippen molar-refractivity contribution in [3.8, 4) is 23.0 Å². The van der Waals surface area contributed by atoms with Crippen molar-refractivity contribution in [1.29, 1.82) is 0 Å². The average Bonchev–Trinajstić information content (AvgIpc) is 3.35. The van der Waals surface area contributed by atoms with Crippen LogP contribution in [0.5, 0.6) is 23.0 Å². The number of esters is 1. The van der Waals surface area contributed by atoms with Crippen LogP contribution in [-0.4, -0.2) is 31.1 Å². The number of fused-ring (bicyclic) bond motifs is 1. The number of ether oxygens (including phenoxy) is 4. The molecule has 0 radical (unpaired) electrons. The summed E-state index contributed by atoms with van der Waals surface area (Å²) in [6.07, 6.45) is 1.96. The maximum atomic E-state index is 13.0. The monoisotopic (exact) mass is 469 g/mol. The van der Waals surface area contributed by atoms with Crippen LogP contribution < -0.4 is 18.9 Å². The van der Waals surface area contributed by atoms with Gasteiger partial charge in [-0.25, -0.2) is 0 Å². The van der Waals surface area contributed by atoms with Crippen LogP contribution in [0.2, 0.25) is 5.15 Å². The highest BCUT2D eigenvalue weighted by atomic mass is 35.5. The highest BCUT2D eigenvalue weighted by Crippen LogP contribution is 2.38. The lowest BCUT2D eigenvalue weighted by molar-refractivity contribution is -0.134. The van der Waals surface area contributed by atoms with Gasteiger partial charge in [-0.1, -0.05) is 16.8 Å².